The summed E-state index contributed by atoms with van der Waals surface area (Å²) < 4.78 is 0. The van der Waals surface area contributed by atoms with Gasteiger partial charge in [-0.2, -0.15) is 0 Å². The molecule has 1 aliphatic rings. The molecular formula is C7H11NO3. The lowest BCUT2D eigenvalue weighted by Crippen LogP contribution is -2.33. The second-order valence-corrected chi connectivity index (χ2v) is 2.65. The van der Waals surface area contributed by atoms with E-state index in [1.165, 1.54) is 0 Å². The number of aliphatic hydroxyl groups excluding tert-OH is 1. The third kappa shape index (κ3) is 1.51. The highest BCUT2D eigenvalue weighted by atomic mass is 16.4. The Morgan fingerprint density at radius 3 is 2.64 bits per heavy atom. The van der Waals surface area contributed by atoms with Crippen LogP contribution in [-0.2, 0) is 0 Å². The van der Waals surface area contributed by atoms with Crippen LogP contribution in [0.3, 0.4) is 0 Å². The SMILES string of the molecule is C=CC1CC(O)N(C(=O)O)C1. The highest BCUT2D eigenvalue weighted by Gasteiger charge is 2.31. The predicted octanol–water partition coefficient (Wildman–Crippen LogP) is 0.491. The lowest BCUT2D eigenvalue weighted by molar-refractivity contribution is 0.0408. The van der Waals surface area contributed by atoms with Gasteiger partial charge in [0, 0.05) is 13.0 Å². The lowest BCUT2D eigenvalue weighted by Gasteiger charge is -2.14. The molecule has 1 rings (SSSR count). The van der Waals surface area contributed by atoms with Crippen LogP contribution < -0.4 is 0 Å². The van der Waals surface area contributed by atoms with Crippen molar-refractivity contribution in [2.45, 2.75) is 12.6 Å². The Bertz CT molecular complexity index is 181. The molecule has 0 aliphatic carbocycles. The largest absolute Gasteiger partial charge is 0.465 e. The molecule has 0 aromatic carbocycles. The third-order valence-corrected chi connectivity index (χ3v) is 1.88. The number of carbonyl (C=O) groups is 1. The molecule has 2 atom stereocenters. The third-order valence-electron chi connectivity index (χ3n) is 1.88. The van der Waals surface area contributed by atoms with Crippen molar-refractivity contribution in [2.24, 2.45) is 5.92 Å². The Hall–Kier alpha value is -1.03. The number of nitrogens with zero attached hydrogens (tertiary/aromatic N) is 1. The second-order valence-electron chi connectivity index (χ2n) is 2.65. The van der Waals surface area contributed by atoms with Gasteiger partial charge in [-0.05, 0) is 5.92 Å². The van der Waals surface area contributed by atoms with E-state index in [1.807, 2.05) is 0 Å². The van der Waals surface area contributed by atoms with E-state index >= 15 is 0 Å². The summed E-state index contributed by atoms with van der Waals surface area (Å²) in [7, 11) is 0. The minimum absolute atomic E-state index is 0.0982. The summed E-state index contributed by atoms with van der Waals surface area (Å²) in [6, 6.07) is 0. The van der Waals surface area contributed by atoms with Gasteiger partial charge in [-0.3, -0.25) is 4.90 Å². The smallest absolute Gasteiger partial charge is 0.409 e. The average molecular weight is 157 g/mol. The highest BCUT2D eigenvalue weighted by molar-refractivity contribution is 5.65. The van der Waals surface area contributed by atoms with Gasteiger partial charge >= 0.3 is 6.09 Å². The maximum Gasteiger partial charge on any atom is 0.409 e. The fourth-order valence-corrected chi connectivity index (χ4v) is 1.22. The van der Waals surface area contributed by atoms with Gasteiger partial charge in [0.15, 0.2) is 0 Å². The molecule has 0 saturated carbocycles. The van der Waals surface area contributed by atoms with Crippen LogP contribution in [0.5, 0.6) is 0 Å². The number of rotatable bonds is 1. The molecule has 1 aliphatic heterocycles. The summed E-state index contributed by atoms with van der Waals surface area (Å²) in [5.74, 6) is 0.0982. The average Bonchev–Trinajstić information content (AvgIpc) is 2.30. The Kier molecular flexibility index (Phi) is 2.14. The van der Waals surface area contributed by atoms with E-state index < -0.39 is 12.3 Å². The molecule has 0 aromatic heterocycles. The van der Waals surface area contributed by atoms with Crippen molar-refractivity contribution in [1.82, 2.24) is 4.90 Å². The van der Waals surface area contributed by atoms with Crippen molar-refractivity contribution in [3.8, 4) is 0 Å². The molecule has 4 heteroatoms. The van der Waals surface area contributed by atoms with Crippen LogP contribution >= 0.6 is 0 Å². The van der Waals surface area contributed by atoms with Gasteiger partial charge in [-0.15, -0.1) is 6.58 Å². The predicted molar refractivity (Wildman–Crippen MR) is 39.0 cm³/mol. The van der Waals surface area contributed by atoms with Crippen molar-refractivity contribution in [2.75, 3.05) is 6.54 Å². The summed E-state index contributed by atoms with van der Waals surface area (Å²) in [4.78, 5) is 11.4. The van der Waals surface area contributed by atoms with Crippen molar-refractivity contribution in [1.29, 1.82) is 0 Å². The number of carboxylic acid groups (broad SMARTS) is 1. The Balaban J connectivity index is 2.58. The van der Waals surface area contributed by atoms with Crippen LogP contribution in [0.4, 0.5) is 4.79 Å². The molecule has 62 valence electrons. The molecule has 2 unspecified atom stereocenters. The van der Waals surface area contributed by atoms with E-state index in [1.54, 1.807) is 6.08 Å². The minimum Gasteiger partial charge on any atom is -0.465 e. The number of likely N-dealkylation sites (tertiary alicyclic amines) is 1. The molecule has 11 heavy (non-hydrogen) atoms. The normalized spacial score (nSPS) is 30.5. The quantitative estimate of drug-likeness (QED) is 0.544. The van der Waals surface area contributed by atoms with Crippen molar-refractivity contribution in [3.63, 3.8) is 0 Å². The number of hydrogen-bond donors (Lipinski definition) is 2. The molecule has 0 spiro atoms. The van der Waals surface area contributed by atoms with E-state index in [2.05, 4.69) is 6.58 Å². The van der Waals surface area contributed by atoms with Gasteiger partial charge in [0.05, 0.1) is 0 Å². The molecule has 2 N–H and O–H groups in total. The zero-order valence-electron chi connectivity index (χ0n) is 6.10. The summed E-state index contributed by atoms with van der Waals surface area (Å²) >= 11 is 0. The van der Waals surface area contributed by atoms with Crippen LogP contribution in [0.25, 0.3) is 0 Å². The summed E-state index contributed by atoms with van der Waals surface area (Å²) in [6.07, 6.45) is 0.222. The van der Waals surface area contributed by atoms with Crippen LogP contribution in [0, 0.1) is 5.92 Å². The maximum atomic E-state index is 10.4. The van der Waals surface area contributed by atoms with Gasteiger partial charge < -0.3 is 10.2 Å². The standard InChI is InChI=1S/C7H11NO3/c1-2-5-3-6(9)8(4-5)7(10)11/h2,5-6,9H,1,3-4H2,(H,10,11). The molecule has 0 radical (unpaired) electrons. The second kappa shape index (κ2) is 2.92. The molecule has 1 fully saturated rings. The van der Waals surface area contributed by atoms with E-state index in [0.717, 1.165) is 4.90 Å². The molecule has 1 amide bonds. The van der Waals surface area contributed by atoms with Gasteiger partial charge in [-0.25, -0.2) is 4.79 Å². The minimum atomic E-state index is -1.07. The topological polar surface area (TPSA) is 60.8 Å². The highest BCUT2D eigenvalue weighted by Crippen LogP contribution is 2.21. The zero-order chi connectivity index (χ0) is 8.43. The van der Waals surface area contributed by atoms with Gasteiger partial charge in [0.2, 0.25) is 0 Å². The molecule has 4 nitrogen and oxygen atoms in total. The Morgan fingerprint density at radius 1 is 1.73 bits per heavy atom. The fourth-order valence-electron chi connectivity index (χ4n) is 1.22. The van der Waals surface area contributed by atoms with Crippen molar-refractivity contribution < 1.29 is 15.0 Å². The van der Waals surface area contributed by atoms with Crippen LogP contribution in [-0.4, -0.2) is 34.0 Å². The Morgan fingerprint density at radius 2 is 2.36 bits per heavy atom. The van der Waals surface area contributed by atoms with Gasteiger partial charge in [0.25, 0.3) is 0 Å². The number of amides is 1. The fraction of sp³-hybridized carbons (Fsp3) is 0.571. The zero-order valence-corrected chi connectivity index (χ0v) is 6.10. The van der Waals surface area contributed by atoms with E-state index in [9.17, 15) is 4.79 Å². The van der Waals surface area contributed by atoms with Crippen LogP contribution in [0.15, 0.2) is 12.7 Å². The molecule has 0 aromatic rings. The number of aliphatic hydroxyl groups is 1. The first-order valence-electron chi connectivity index (χ1n) is 3.45. The summed E-state index contributed by atoms with van der Waals surface area (Å²) in [5, 5.41) is 17.7. The molecule has 0 bridgehead atoms. The van der Waals surface area contributed by atoms with Gasteiger partial charge in [0.1, 0.15) is 6.23 Å². The first kappa shape index (κ1) is 8.07. The molecular weight excluding hydrogens is 146 g/mol. The number of hydrogen-bond acceptors (Lipinski definition) is 2. The molecule has 1 saturated heterocycles. The maximum absolute atomic E-state index is 10.4. The van der Waals surface area contributed by atoms with Crippen LogP contribution in [0.1, 0.15) is 6.42 Å². The summed E-state index contributed by atoms with van der Waals surface area (Å²) in [5.41, 5.74) is 0. The molecule has 1 heterocycles. The van der Waals surface area contributed by atoms with Crippen LogP contribution in [0.2, 0.25) is 0 Å². The first-order valence-corrected chi connectivity index (χ1v) is 3.45. The monoisotopic (exact) mass is 157 g/mol. The van der Waals surface area contributed by atoms with Crippen molar-refractivity contribution >= 4 is 6.09 Å². The summed E-state index contributed by atoms with van der Waals surface area (Å²) in [6.45, 7) is 3.90. The van der Waals surface area contributed by atoms with E-state index in [0.29, 0.717) is 13.0 Å². The lowest BCUT2D eigenvalue weighted by atomic mass is 10.1. The van der Waals surface area contributed by atoms with Gasteiger partial charge in [-0.1, -0.05) is 6.08 Å². The van der Waals surface area contributed by atoms with E-state index in [-0.39, 0.29) is 5.92 Å². The Labute approximate surface area is 64.7 Å². The first-order chi connectivity index (χ1) is 5.15. The van der Waals surface area contributed by atoms with E-state index in [4.69, 9.17) is 10.2 Å². The van der Waals surface area contributed by atoms with Crippen molar-refractivity contribution in [3.05, 3.63) is 12.7 Å².